The molecular formula is C34H45N5O7. The molecule has 0 bridgehead atoms. The van der Waals surface area contributed by atoms with Crippen molar-refractivity contribution in [2.45, 2.75) is 109 Å². The average Bonchev–Trinajstić information content (AvgIpc) is 3.52. The van der Waals surface area contributed by atoms with Gasteiger partial charge in [-0.1, -0.05) is 37.1 Å². The molecular weight excluding hydrogens is 590 g/mol. The third-order valence-electron chi connectivity index (χ3n) is 8.55. The lowest BCUT2D eigenvalue weighted by Crippen LogP contribution is -2.56. The highest BCUT2D eigenvalue weighted by Crippen LogP contribution is 2.46. The fraction of sp³-hybridized carbons (Fsp3) is 0.588. The van der Waals surface area contributed by atoms with Crippen molar-refractivity contribution >= 4 is 34.9 Å². The second-order valence-corrected chi connectivity index (χ2v) is 13.3. The molecule has 2 fully saturated rings. The Morgan fingerprint density at radius 2 is 1.85 bits per heavy atom. The summed E-state index contributed by atoms with van der Waals surface area (Å²) in [6.45, 7) is 9.04. The molecule has 1 aromatic heterocycles. The van der Waals surface area contributed by atoms with Crippen LogP contribution in [0.15, 0.2) is 36.4 Å². The van der Waals surface area contributed by atoms with E-state index in [1.165, 1.54) is 4.90 Å². The highest BCUT2D eigenvalue weighted by Gasteiger charge is 2.62. The molecule has 5 rings (SSSR count). The zero-order valence-electron chi connectivity index (χ0n) is 27.3. The minimum atomic E-state index is -1.19. The average molecular weight is 636 g/mol. The Hall–Kier alpha value is -4.22. The number of aromatic nitrogens is 2. The van der Waals surface area contributed by atoms with Crippen LogP contribution < -0.4 is 15.4 Å². The van der Waals surface area contributed by atoms with Gasteiger partial charge in [0.25, 0.3) is 0 Å². The summed E-state index contributed by atoms with van der Waals surface area (Å²) >= 11 is 0. The summed E-state index contributed by atoms with van der Waals surface area (Å²) in [6, 6.07) is 5.57. The minimum Gasteiger partial charge on any atom is -0.471 e. The maximum Gasteiger partial charge on any atom is 0.408 e. The first-order chi connectivity index (χ1) is 21.9. The predicted molar refractivity (Wildman–Crippen MR) is 170 cm³/mol. The fourth-order valence-electron chi connectivity index (χ4n) is 6.18. The molecule has 1 unspecified atom stereocenters. The molecule has 0 radical (unpaired) electrons. The molecule has 3 amide bonds. The van der Waals surface area contributed by atoms with E-state index in [4.69, 9.17) is 14.2 Å². The maximum absolute atomic E-state index is 14.2. The van der Waals surface area contributed by atoms with E-state index < -0.39 is 53.2 Å². The summed E-state index contributed by atoms with van der Waals surface area (Å²) in [5.74, 6) is -1.26. The Balaban J connectivity index is 1.45. The largest absolute Gasteiger partial charge is 0.471 e. The van der Waals surface area contributed by atoms with Crippen molar-refractivity contribution in [3.05, 3.63) is 42.1 Å². The second kappa shape index (κ2) is 13.6. The third-order valence-corrected chi connectivity index (χ3v) is 8.55. The first kappa shape index (κ1) is 33.2. The van der Waals surface area contributed by atoms with Gasteiger partial charge in [-0.15, -0.1) is 0 Å². The Labute approximate surface area is 269 Å². The molecule has 2 aliphatic heterocycles. The second-order valence-electron chi connectivity index (χ2n) is 13.3. The number of rotatable bonds is 5. The van der Waals surface area contributed by atoms with Gasteiger partial charge in [-0.3, -0.25) is 9.59 Å². The molecule has 1 saturated heterocycles. The Bertz CT molecular complexity index is 1500. The van der Waals surface area contributed by atoms with Crippen LogP contribution in [0.2, 0.25) is 0 Å². The van der Waals surface area contributed by atoms with E-state index in [1.807, 2.05) is 36.4 Å². The number of alkyl carbamates (subject to hydrolysis) is 1. The van der Waals surface area contributed by atoms with Crippen molar-refractivity contribution in [2.75, 3.05) is 13.2 Å². The fourth-order valence-corrected chi connectivity index (χ4v) is 6.18. The van der Waals surface area contributed by atoms with E-state index in [9.17, 15) is 19.2 Å². The Morgan fingerprint density at radius 1 is 1.11 bits per heavy atom. The van der Waals surface area contributed by atoms with E-state index >= 15 is 0 Å². The molecule has 5 atom stereocenters. The SMILES string of the molecule is CCOC(=O)C12C[C@@H]1/C=C\CCCCC[C@H](NC(=O)OC(C)(C)C)C(=O)N1C[C@H](Oc3nc4ccccc4nc3C)C[C@H]1C(=O)N2. The summed E-state index contributed by atoms with van der Waals surface area (Å²) in [6.07, 6.45) is 6.88. The lowest BCUT2D eigenvalue weighted by molar-refractivity contribution is -0.150. The molecule has 46 heavy (non-hydrogen) atoms. The van der Waals surface area contributed by atoms with Gasteiger partial charge in [0.05, 0.1) is 24.2 Å². The number of hydrogen-bond acceptors (Lipinski definition) is 9. The molecule has 1 aromatic carbocycles. The summed E-state index contributed by atoms with van der Waals surface area (Å²) in [4.78, 5) is 65.0. The van der Waals surface area contributed by atoms with E-state index in [1.54, 1.807) is 34.6 Å². The first-order valence-corrected chi connectivity index (χ1v) is 16.3. The van der Waals surface area contributed by atoms with E-state index in [2.05, 4.69) is 20.6 Å². The van der Waals surface area contributed by atoms with Crippen LogP contribution in [0, 0.1) is 12.8 Å². The quantitative estimate of drug-likeness (QED) is 0.365. The van der Waals surface area contributed by atoms with Crippen LogP contribution in [0.25, 0.3) is 11.0 Å². The summed E-state index contributed by atoms with van der Waals surface area (Å²) in [7, 11) is 0. The third kappa shape index (κ3) is 7.59. The molecule has 3 heterocycles. The molecule has 2 aromatic rings. The topological polar surface area (TPSA) is 149 Å². The van der Waals surface area contributed by atoms with Gasteiger partial charge < -0.3 is 29.7 Å². The van der Waals surface area contributed by atoms with E-state index in [0.717, 1.165) is 24.8 Å². The predicted octanol–water partition coefficient (Wildman–Crippen LogP) is 4.14. The van der Waals surface area contributed by atoms with Crippen molar-refractivity contribution < 1.29 is 33.4 Å². The zero-order chi connectivity index (χ0) is 33.1. The van der Waals surface area contributed by atoms with Crippen molar-refractivity contribution in [3.63, 3.8) is 0 Å². The zero-order valence-corrected chi connectivity index (χ0v) is 27.3. The van der Waals surface area contributed by atoms with E-state index in [0.29, 0.717) is 36.4 Å². The highest BCUT2D eigenvalue weighted by molar-refractivity contribution is 5.96. The van der Waals surface area contributed by atoms with Crippen LogP contribution in [0.5, 0.6) is 5.88 Å². The van der Waals surface area contributed by atoms with Crippen LogP contribution in [0.4, 0.5) is 4.79 Å². The number of carbonyl (C=O) groups is 4. The Kier molecular flexibility index (Phi) is 9.83. The van der Waals surface area contributed by atoms with Gasteiger partial charge >= 0.3 is 12.1 Å². The normalized spacial score (nSPS) is 27.7. The van der Waals surface area contributed by atoms with Gasteiger partial charge in [-0.25, -0.2) is 19.6 Å². The molecule has 2 N–H and O–H groups in total. The number of aryl methyl sites for hydroxylation is 1. The van der Waals surface area contributed by atoms with Crippen molar-refractivity contribution in [2.24, 2.45) is 5.92 Å². The number of nitrogens with one attached hydrogen (secondary N) is 2. The standard InChI is InChI=1S/C34H45N5O7/c1-6-44-31(42)34-19-22(34)14-10-8-7-9-11-17-26(37-32(43)46-33(3,4)5)30(41)39-20-23(18-27(39)28(40)38-34)45-29-21(2)35-24-15-12-13-16-25(24)36-29/h10,12-16,22-23,26-27H,6-9,11,17-20H2,1-5H3,(H,37,43)(H,38,40)/b14-10-/t22-,23+,26-,27-,34?/m0/s1. The molecule has 1 saturated carbocycles. The number of amides is 3. The van der Waals surface area contributed by atoms with Crippen molar-refractivity contribution in [1.82, 2.24) is 25.5 Å². The van der Waals surface area contributed by atoms with Crippen LogP contribution in [-0.2, 0) is 23.9 Å². The molecule has 12 heteroatoms. The molecule has 0 spiro atoms. The van der Waals surface area contributed by atoms with Gasteiger partial charge in [-0.2, -0.15) is 0 Å². The maximum atomic E-state index is 14.2. The van der Waals surface area contributed by atoms with Crippen LogP contribution in [0.1, 0.15) is 78.3 Å². The van der Waals surface area contributed by atoms with Crippen LogP contribution in [-0.4, -0.2) is 81.2 Å². The van der Waals surface area contributed by atoms with Gasteiger partial charge in [0.2, 0.25) is 17.7 Å². The lowest BCUT2D eigenvalue weighted by Gasteiger charge is -2.30. The van der Waals surface area contributed by atoms with Gasteiger partial charge in [0.1, 0.15) is 35.0 Å². The summed E-state index contributed by atoms with van der Waals surface area (Å²) < 4.78 is 17.2. The highest BCUT2D eigenvalue weighted by atomic mass is 16.6. The van der Waals surface area contributed by atoms with Gasteiger partial charge in [0, 0.05) is 12.3 Å². The van der Waals surface area contributed by atoms with Gasteiger partial charge in [-0.05, 0) is 72.4 Å². The molecule has 12 nitrogen and oxygen atoms in total. The number of carbonyl (C=O) groups excluding carboxylic acids is 4. The summed E-state index contributed by atoms with van der Waals surface area (Å²) in [5, 5.41) is 5.73. The van der Waals surface area contributed by atoms with Crippen LogP contribution in [0.3, 0.4) is 0 Å². The summed E-state index contributed by atoms with van der Waals surface area (Å²) in [5.41, 5.74) is 0.0311. The monoisotopic (exact) mass is 635 g/mol. The smallest absolute Gasteiger partial charge is 0.408 e. The lowest BCUT2D eigenvalue weighted by atomic mass is 10.0. The number of esters is 1. The van der Waals surface area contributed by atoms with Crippen molar-refractivity contribution in [3.8, 4) is 5.88 Å². The number of benzene rings is 1. The van der Waals surface area contributed by atoms with Crippen molar-refractivity contribution in [1.29, 1.82) is 0 Å². The number of para-hydroxylation sites is 2. The molecule has 3 aliphatic rings. The molecule has 1 aliphatic carbocycles. The minimum absolute atomic E-state index is 0.0765. The van der Waals surface area contributed by atoms with E-state index in [-0.39, 0.29) is 25.5 Å². The Morgan fingerprint density at radius 3 is 2.57 bits per heavy atom. The van der Waals surface area contributed by atoms with Gasteiger partial charge in [0.15, 0.2) is 0 Å². The number of allylic oxidation sites excluding steroid dienone is 1. The number of nitrogens with zero attached hydrogens (tertiary/aromatic N) is 3. The van der Waals surface area contributed by atoms with Crippen LogP contribution >= 0.6 is 0 Å². The molecule has 248 valence electrons. The number of fused-ring (bicyclic) bond motifs is 3. The first-order valence-electron chi connectivity index (χ1n) is 16.3. The number of ether oxygens (including phenoxy) is 3. The number of hydrogen-bond donors (Lipinski definition) is 2.